The van der Waals surface area contributed by atoms with Gasteiger partial charge in [-0.3, -0.25) is 15.0 Å². The van der Waals surface area contributed by atoms with Crippen molar-refractivity contribution in [1.29, 1.82) is 0 Å². The van der Waals surface area contributed by atoms with Gasteiger partial charge in [0.2, 0.25) is 0 Å². The second kappa shape index (κ2) is 5.50. The van der Waals surface area contributed by atoms with Crippen molar-refractivity contribution in [2.45, 2.75) is 6.04 Å². The molecule has 21 heavy (non-hydrogen) atoms. The van der Waals surface area contributed by atoms with Gasteiger partial charge in [-0.2, -0.15) is 0 Å². The monoisotopic (exact) mass is 291 g/mol. The third kappa shape index (κ3) is 2.66. The number of piperazine rings is 1. The summed E-state index contributed by atoms with van der Waals surface area (Å²) in [6, 6.07) is 5.65. The Kier molecular flexibility index (Phi) is 3.69. The highest BCUT2D eigenvalue weighted by molar-refractivity contribution is 5.76. The van der Waals surface area contributed by atoms with Crippen molar-refractivity contribution < 1.29 is 4.92 Å². The fourth-order valence-electron chi connectivity index (χ4n) is 3.07. The fourth-order valence-corrected chi connectivity index (χ4v) is 3.07. The third-order valence-corrected chi connectivity index (χ3v) is 4.49. The average molecular weight is 291 g/mol. The predicted octanol–water partition coefficient (Wildman–Crippen LogP) is 0.613. The van der Waals surface area contributed by atoms with Crippen LogP contribution in [0.15, 0.2) is 18.2 Å². The molecule has 2 saturated heterocycles. The largest absolute Gasteiger partial charge is 0.393 e. The van der Waals surface area contributed by atoms with Crippen LogP contribution in [0.3, 0.4) is 0 Å². The van der Waals surface area contributed by atoms with Gasteiger partial charge in [-0.1, -0.05) is 6.07 Å². The number of para-hydroxylation sites is 1. The Morgan fingerprint density at radius 2 is 1.90 bits per heavy atom. The van der Waals surface area contributed by atoms with Crippen LogP contribution < -0.4 is 10.6 Å². The van der Waals surface area contributed by atoms with Crippen LogP contribution in [0.5, 0.6) is 0 Å². The zero-order chi connectivity index (χ0) is 15.0. The van der Waals surface area contributed by atoms with E-state index in [1.807, 2.05) is 0 Å². The van der Waals surface area contributed by atoms with E-state index in [1.165, 1.54) is 0 Å². The van der Waals surface area contributed by atoms with Gasteiger partial charge in [0.1, 0.15) is 11.4 Å². The van der Waals surface area contributed by atoms with E-state index >= 15 is 0 Å². The first-order valence-electron chi connectivity index (χ1n) is 7.26. The Labute approximate surface area is 124 Å². The van der Waals surface area contributed by atoms with Gasteiger partial charge < -0.3 is 15.5 Å². The molecule has 0 bridgehead atoms. The first-order valence-corrected chi connectivity index (χ1v) is 7.26. The summed E-state index contributed by atoms with van der Waals surface area (Å²) in [5.74, 6) is 0. The van der Waals surface area contributed by atoms with Gasteiger partial charge in [-0.15, -0.1) is 0 Å². The quantitative estimate of drug-likeness (QED) is 0.499. The molecule has 0 radical (unpaired) electrons. The molecule has 0 unspecified atom stereocenters. The molecule has 0 atom stereocenters. The highest BCUT2D eigenvalue weighted by atomic mass is 16.6. The Morgan fingerprint density at radius 1 is 1.24 bits per heavy atom. The van der Waals surface area contributed by atoms with E-state index in [4.69, 9.17) is 5.73 Å². The number of nitrogens with zero attached hydrogens (tertiary/aromatic N) is 4. The normalized spacial score (nSPS) is 21.3. The van der Waals surface area contributed by atoms with Gasteiger partial charge in [0.05, 0.1) is 4.92 Å². The molecule has 0 saturated carbocycles. The minimum Gasteiger partial charge on any atom is -0.393 e. The number of nitro benzene ring substituents is 1. The lowest BCUT2D eigenvalue weighted by Crippen LogP contribution is -2.63. The number of hydrogen-bond acceptors (Lipinski definition) is 6. The zero-order valence-corrected chi connectivity index (χ0v) is 12.2. The molecule has 2 fully saturated rings. The molecule has 0 spiro atoms. The number of nitrogens with two attached hydrogens (primary N) is 1. The second-order valence-corrected chi connectivity index (χ2v) is 5.87. The first kappa shape index (κ1) is 14.1. The van der Waals surface area contributed by atoms with Crippen LogP contribution in [0, 0.1) is 10.1 Å². The Hall–Kier alpha value is -1.86. The SMILES string of the molecule is CN1CCN(C2CN(c3cccc(N)c3[N+](=O)[O-])C2)CC1. The van der Waals surface area contributed by atoms with E-state index < -0.39 is 0 Å². The maximum Gasteiger partial charge on any atom is 0.315 e. The van der Waals surface area contributed by atoms with Crippen molar-refractivity contribution in [2.75, 3.05) is 56.9 Å². The van der Waals surface area contributed by atoms with Crippen LogP contribution in [0.25, 0.3) is 0 Å². The zero-order valence-electron chi connectivity index (χ0n) is 12.2. The van der Waals surface area contributed by atoms with Gasteiger partial charge in [-0.25, -0.2) is 0 Å². The van der Waals surface area contributed by atoms with Crippen LogP contribution in [-0.2, 0) is 0 Å². The third-order valence-electron chi connectivity index (χ3n) is 4.49. The number of likely N-dealkylation sites (N-methyl/N-ethyl adjacent to an activating group) is 1. The highest BCUT2D eigenvalue weighted by Crippen LogP contribution is 2.36. The maximum absolute atomic E-state index is 11.2. The molecule has 2 aliphatic rings. The lowest BCUT2D eigenvalue weighted by atomic mass is 10.0. The van der Waals surface area contributed by atoms with E-state index in [1.54, 1.807) is 18.2 Å². The second-order valence-electron chi connectivity index (χ2n) is 5.87. The molecule has 1 aromatic carbocycles. The molecular formula is C14H21N5O2. The molecule has 0 aromatic heterocycles. The summed E-state index contributed by atoms with van der Waals surface area (Å²) in [5, 5.41) is 11.2. The molecule has 0 aliphatic carbocycles. The molecular weight excluding hydrogens is 270 g/mol. The van der Waals surface area contributed by atoms with Crippen LogP contribution >= 0.6 is 0 Å². The molecule has 3 rings (SSSR count). The molecule has 2 aliphatic heterocycles. The standard InChI is InChI=1S/C14H21N5O2/c1-16-5-7-17(8-6-16)11-9-18(10-11)13-4-2-3-12(15)14(13)19(20)21/h2-4,11H,5-10,15H2,1H3. The highest BCUT2D eigenvalue weighted by Gasteiger charge is 2.36. The smallest absolute Gasteiger partial charge is 0.315 e. The average Bonchev–Trinajstić information content (AvgIpc) is 2.39. The van der Waals surface area contributed by atoms with Gasteiger partial charge >= 0.3 is 5.69 Å². The van der Waals surface area contributed by atoms with Crippen molar-refractivity contribution >= 4 is 17.1 Å². The lowest BCUT2D eigenvalue weighted by molar-refractivity contribution is -0.383. The Balaban J connectivity index is 1.67. The molecule has 1 aromatic rings. The molecule has 2 N–H and O–H groups in total. The van der Waals surface area contributed by atoms with E-state index in [-0.39, 0.29) is 16.3 Å². The summed E-state index contributed by atoms with van der Waals surface area (Å²) in [6.45, 7) is 6.02. The van der Waals surface area contributed by atoms with Gasteiger partial charge in [0, 0.05) is 45.3 Å². The molecule has 2 heterocycles. The minimum absolute atomic E-state index is 0.0364. The minimum atomic E-state index is -0.381. The van der Waals surface area contributed by atoms with E-state index in [0.717, 1.165) is 39.3 Å². The summed E-state index contributed by atoms with van der Waals surface area (Å²) in [5.41, 5.74) is 6.66. The topological polar surface area (TPSA) is 78.9 Å². The molecule has 0 amide bonds. The van der Waals surface area contributed by atoms with Crippen molar-refractivity contribution in [3.05, 3.63) is 28.3 Å². The van der Waals surface area contributed by atoms with E-state index in [9.17, 15) is 10.1 Å². The molecule has 114 valence electrons. The Bertz CT molecular complexity index is 536. The summed E-state index contributed by atoms with van der Waals surface area (Å²) in [4.78, 5) is 17.7. The van der Waals surface area contributed by atoms with Gasteiger partial charge in [0.15, 0.2) is 0 Å². The van der Waals surface area contributed by atoms with E-state index in [2.05, 4.69) is 21.7 Å². The van der Waals surface area contributed by atoms with Crippen molar-refractivity contribution in [1.82, 2.24) is 9.80 Å². The summed E-state index contributed by atoms with van der Waals surface area (Å²) in [7, 11) is 2.14. The lowest BCUT2D eigenvalue weighted by Gasteiger charge is -2.48. The number of rotatable bonds is 3. The van der Waals surface area contributed by atoms with Gasteiger partial charge in [-0.05, 0) is 19.2 Å². The number of nitro groups is 1. The van der Waals surface area contributed by atoms with Crippen molar-refractivity contribution in [2.24, 2.45) is 0 Å². The number of hydrogen-bond donors (Lipinski definition) is 1. The number of nitrogen functional groups attached to an aromatic ring is 1. The Morgan fingerprint density at radius 3 is 2.52 bits per heavy atom. The summed E-state index contributed by atoms with van der Waals surface area (Å²) >= 11 is 0. The predicted molar refractivity (Wildman–Crippen MR) is 82.6 cm³/mol. The van der Waals surface area contributed by atoms with Crippen LogP contribution in [-0.4, -0.2) is 67.1 Å². The van der Waals surface area contributed by atoms with E-state index in [0.29, 0.717) is 11.7 Å². The van der Waals surface area contributed by atoms with Crippen LogP contribution in [0.4, 0.5) is 17.1 Å². The molecule has 7 nitrogen and oxygen atoms in total. The van der Waals surface area contributed by atoms with Crippen molar-refractivity contribution in [3.8, 4) is 0 Å². The fraction of sp³-hybridized carbons (Fsp3) is 0.571. The molecule has 7 heteroatoms. The van der Waals surface area contributed by atoms with Gasteiger partial charge in [0.25, 0.3) is 0 Å². The van der Waals surface area contributed by atoms with Crippen molar-refractivity contribution in [3.63, 3.8) is 0 Å². The van der Waals surface area contributed by atoms with Crippen LogP contribution in [0.2, 0.25) is 0 Å². The maximum atomic E-state index is 11.2. The summed E-state index contributed by atoms with van der Waals surface area (Å²) < 4.78 is 0. The number of benzene rings is 1. The van der Waals surface area contributed by atoms with Crippen LogP contribution in [0.1, 0.15) is 0 Å². The summed E-state index contributed by atoms with van der Waals surface area (Å²) in [6.07, 6.45) is 0. The first-order chi connectivity index (χ1) is 10.1. The number of anilines is 2.